The van der Waals surface area contributed by atoms with Gasteiger partial charge in [-0.15, -0.1) is 0 Å². The fourth-order valence-corrected chi connectivity index (χ4v) is 3.23. The van der Waals surface area contributed by atoms with Crippen LogP contribution in [0.15, 0.2) is 0 Å². The molecule has 2 saturated heterocycles. The quantitative estimate of drug-likeness (QED) is 0.285. The van der Waals surface area contributed by atoms with E-state index >= 15 is 0 Å². The lowest BCUT2D eigenvalue weighted by molar-refractivity contribution is -0.476. The van der Waals surface area contributed by atoms with Gasteiger partial charge >= 0.3 is 0 Å². The minimum Gasteiger partial charge on any atom is -0.394 e. The number of quaternary nitrogens is 1. The van der Waals surface area contributed by atoms with Crippen LogP contribution in [0.4, 0.5) is 0 Å². The summed E-state index contributed by atoms with van der Waals surface area (Å²) >= 11 is 0. The van der Waals surface area contributed by atoms with Crippen LogP contribution in [0.1, 0.15) is 13.8 Å². The summed E-state index contributed by atoms with van der Waals surface area (Å²) < 4.78 is 20.8. The molecule has 0 aliphatic carbocycles. The van der Waals surface area contributed by atoms with Crippen LogP contribution in [0.2, 0.25) is 0 Å². The van der Waals surface area contributed by atoms with Crippen molar-refractivity contribution in [3.8, 4) is 0 Å². The second-order valence-electron chi connectivity index (χ2n) is 6.75. The first kappa shape index (κ1) is 23.6. The number of nitrogens with two attached hydrogens (primary N) is 1. The number of hydrogen-bond donors (Lipinski definition) is 6. The molecule has 0 saturated carbocycles. The van der Waals surface area contributed by atoms with E-state index in [1.165, 1.54) is 14.2 Å². The lowest BCUT2D eigenvalue weighted by atomic mass is 9.94. The van der Waals surface area contributed by atoms with E-state index in [0.29, 0.717) is 0 Å². The highest BCUT2D eigenvalue weighted by atomic mass is 16.6. The Hall–Kier alpha value is -0.400. The molecule has 2 aliphatic heterocycles. The minimum atomic E-state index is -0.786. The summed E-state index contributed by atoms with van der Waals surface area (Å²) in [6, 6.07) is -0.680. The van der Waals surface area contributed by atoms with E-state index in [1.807, 2.05) is 6.92 Å². The van der Waals surface area contributed by atoms with E-state index in [4.69, 9.17) is 34.9 Å². The fourth-order valence-electron chi connectivity index (χ4n) is 3.23. The van der Waals surface area contributed by atoms with Gasteiger partial charge in [-0.1, -0.05) is 0 Å². The van der Waals surface area contributed by atoms with Crippen molar-refractivity contribution >= 4 is 0 Å². The van der Waals surface area contributed by atoms with Crippen molar-refractivity contribution in [1.29, 1.82) is 0 Å². The van der Waals surface area contributed by atoms with Crippen molar-refractivity contribution in [2.75, 3.05) is 27.4 Å². The molecule has 2 aliphatic rings. The molecule has 9 N–H and O–H groups in total. The maximum absolute atomic E-state index is 9.73. The summed E-state index contributed by atoms with van der Waals surface area (Å²) in [6.07, 6.45) is -3.85. The van der Waals surface area contributed by atoms with Crippen LogP contribution in [0.25, 0.3) is 0 Å². The third kappa shape index (κ3) is 5.32. The largest absolute Gasteiger partial charge is 0.394 e. The van der Waals surface area contributed by atoms with Crippen molar-refractivity contribution in [2.24, 2.45) is 5.73 Å². The third-order valence-corrected chi connectivity index (χ3v) is 5.07. The van der Waals surface area contributed by atoms with E-state index in [0.717, 1.165) is 0 Å². The minimum absolute atomic E-state index is 0.146. The Labute approximate surface area is 154 Å². The normalized spacial score (nSPS) is 46.4. The lowest BCUT2D eigenvalue weighted by Gasteiger charge is -2.41. The van der Waals surface area contributed by atoms with Gasteiger partial charge in [0.15, 0.2) is 0 Å². The van der Waals surface area contributed by atoms with E-state index in [2.05, 4.69) is 5.73 Å². The molecular formula is C16H35N2O8+. The summed E-state index contributed by atoms with van der Waals surface area (Å²) in [5.74, 6) is 0. The van der Waals surface area contributed by atoms with Gasteiger partial charge in [-0.05, 0) is 13.8 Å². The molecule has 156 valence electrons. The SMILES string of the molecule is COC1C(CO)OC(C)C(N)C1O.COC1C(CO)OC(C)C([NH3+])C1O. The molecule has 0 aromatic rings. The van der Waals surface area contributed by atoms with Gasteiger partial charge in [0.05, 0.1) is 25.4 Å². The lowest BCUT2D eigenvalue weighted by Crippen LogP contribution is -2.77. The zero-order chi connectivity index (χ0) is 20.0. The van der Waals surface area contributed by atoms with Crippen LogP contribution < -0.4 is 11.5 Å². The van der Waals surface area contributed by atoms with Gasteiger partial charge in [0, 0.05) is 14.2 Å². The molecule has 2 rings (SSSR count). The number of aliphatic hydroxyl groups excluding tert-OH is 4. The van der Waals surface area contributed by atoms with Crippen LogP contribution in [0.3, 0.4) is 0 Å². The number of aliphatic hydroxyl groups is 4. The van der Waals surface area contributed by atoms with E-state index < -0.39 is 42.7 Å². The van der Waals surface area contributed by atoms with Gasteiger partial charge in [0.2, 0.25) is 0 Å². The molecule has 0 radical (unpaired) electrons. The van der Waals surface area contributed by atoms with Crippen LogP contribution in [0.5, 0.6) is 0 Å². The number of methoxy groups -OCH3 is 2. The second kappa shape index (κ2) is 10.8. The molecular weight excluding hydrogens is 348 g/mol. The summed E-state index contributed by atoms with van der Waals surface area (Å²) in [5, 5.41) is 37.3. The molecule has 26 heavy (non-hydrogen) atoms. The number of hydrogen-bond acceptors (Lipinski definition) is 9. The van der Waals surface area contributed by atoms with Gasteiger partial charge < -0.3 is 50.8 Å². The van der Waals surface area contributed by atoms with Crippen LogP contribution >= 0.6 is 0 Å². The summed E-state index contributed by atoms with van der Waals surface area (Å²) in [6.45, 7) is 3.27. The van der Waals surface area contributed by atoms with E-state index in [1.54, 1.807) is 6.92 Å². The molecule has 2 heterocycles. The van der Waals surface area contributed by atoms with Crippen molar-refractivity contribution in [1.82, 2.24) is 0 Å². The molecule has 0 bridgehead atoms. The van der Waals surface area contributed by atoms with Crippen LogP contribution in [-0.4, -0.2) is 109 Å². The molecule has 0 spiro atoms. The maximum atomic E-state index is 9.73. The molecule has 10 heteroatoms. The predicted molar refractivity (Wildman–Crippen MR) is 91.1 cm³/mol. The first-order valence-electron chi connectivity index (χ1n) is 8.76. The second-order valence-corrected chi connectivity index (χ2v) is 6.75. The highest BCUT2D eigenvalue weighted by Gasteiger charge is 2.44. The van der Waals surface area contributed by atoms with Crippen LogP contribution in [0, 0.1) is 0 Å². The third-order valence-electron chi connectivity index (χ3n) is 5.07. The Morgan fingerprint density at radius 2 is 1.31 bits per heavy atom. The van der Waals surface area contributed by atoms with Gasteiger partial charge in [0.25, 0.3) is 0 Å². The number of ether oxygens (including phenoxy) is 4. The van der Waals surface area contributed by atoms with Crippen molar-refractivity contribution < 1.29 is 45.1 Å². The molecule has 10 atom stereocenters. The zero-order valence-electron chi connectivity index (χ0n) is 15.9. The van der Waals surface area contributed by atoms with E-state index in [-0.39, 0.29) is 31.5 Å². The molecule has 10 unspecified atom stereocenters. The fraction of sp³-hybridized carbons (Fsp3) is 1.00. The standard InChI is InChI=1S/2C8H17NO4/c2*1-4-6(9)7(11)8(12-2)5(3-10)13-4/h2*4-8,10-11H,3,9H2,1-2H3/p+1. The predicted octanol–water partition coefficient (Wildman–Crippen LogP) is -3.78. The average Bonchev–Trinajstić information content (AvgIpc) is 2.64. The van der Waals surface area contributed by atoms with Crippen LogP contribution in [-0.2, 0) is 18.9 Å². The Bertz CT molecular complexity index is 364. The highest BCUT2D eigenvalue weighted by molar-refractivity contribution is 4.93. The topological polar surface area (TPSA) is 172 Å². The Morgan fingerprint density at radius 3 is 1.73 bits per heavy atom. The maximum Gasteiger partial charge on any atom is 0.139 e. The van der Waals surface area contributed by atoms with Gasteiger partial charge in [0.1, 0.15) is 48.8 Å². The summed E-state index contributed by atoms with van der Waals surface area (Å²) in [5.41, 5.74) is 9.46. The molecule has 10 nitrogen and oxygen atoms in total. The molecule has 0 aromatic heterocycles. The van der Waals surface area contributed by atoms with Crippen molar-refractivity contribution in [2.45, 2.75) is 74.8 Å². The Balaban J connectivity index is 0.000000260. The molecule has 0 amide bonds. The highest BCUT2D eigenvalue weighted by Crippen LogP contribution is 2.21. The van der Waals surface area contributed by atoms with Gasteiger partial charge in [-0.25, -0.2) is 0 Å². The smallest absolute Gasteiger partial charge is 0.139 e. The Morgan fingerprint density at radius 1 is 0.885 bits per heavy atom. The van der Waals surface area contributed by atoms with Gasteiger partial charge in [-0.3, -0.25) is 0 Å². The Kier molecular flexibility index (Phi) is 9.83. The molecule has 0 aromatic carbocycles. The first-order valence-corrected chi connectivity index (χ1v) is 8.76. The summed E-state index contributed by atoms with van der Waals surface area (Å²) in [4.78, 5) is 0. The zero-order valence-corrected chi connectivity index (χ0v) is 15.9. The monoisotopic (exact) mass is 383 g/mol. The van der Waals surface area contributed by atoms with Crippen molar-refractivity contribution in [3.05, 3.63) is 0 Å². The average molecular weight is 383 g/mol. The summed E-state index contributed by atoms with van der Waals surface area (Å²) in [7, 11) is 2.95. The van der Waals surface area contributed by atoms with Crippen molar-refractivity contribution in [3.63, 3.8) is 0 Å². The first-order chi connectivity index (χ1) is 12.2. The number of rotatable bonds is 4. The van der Waals surface area contributed by atoms with E-state index in [9.17, 15) is 10.2 Å². The van der Waals surface area contributed by atoms with Gasteiger partial charge in [-0.2, -0.15) is 0 Å². The molecule has 2 fully saturated rings.